The summed E-state index contributed by atoms with van der Waals surface area (Å²) in [6.45, 7) is 9.54. The van der Waals surface area contributed by atoms with Crippen molar-refractivity contribution in [3.8, 4) is 0 Å². The summed E-state index contributed by atoms with van der Waals surface area (Å²) >= 11 is 1.70. The molecule has 2 atom stereocenters. The van der Waals surface area contributed by atoms with Gasteiger partial charge in [0.1, 0.15) is 0 Å². The van der Waals surface area contributed by atoms with Crippen LogP contribution in [0.3, 0.4) is 0 Å². The number of quaternary nitrogens is 1. The lowest BCUT2D eigenvalue weighted by molar-refractivity contribution is -0.870. The van der Waals surface area contributed by atoms with Crippen LogP contribution >= 0.6 is 11.8 Å². The van der Waals surface area contributed by atoms with Crippen molar-refractivity contribution in [1.82, 2.24) is 16.0 Å². The zero-order chi connectivity index (χ0) is 20.7. The first-order valence-corrected chi connectivity index (χ1v) is 11.5. The number of thioether (sulfide) groups is 1. The Hall–Kier alpha value is -0.950. The third-order valence-electron chi connectivity index (χ3n) is 4.51. The molecule has 0 aromatic rings. The molecule has 0 aliphatic carbocycles. The van der Waals surface area contributed by atoms with Gasteiger partial charge in [0.25, 0.3) is 0 Å². The summed E-state index contributed by atoms with van der Waals surface area (Å²) in [7, 11) is 6.47. The summed E-state index contributed by atoms with van der Waals surface area (Å²) < 4.78 is 0.916. The van der Waals surface area contributed by atoms with E-state index in [4.69, 9.17) is 0 Å². The molecule has 3 amide bonds. The fourth-order valence-electron chi connectivity index (χ4n) is 2.43. The highest BCUT2D eigenvalue weighted by atomic mass is 32.2. The van der Waals surface area contributed by atoms with Crippen LogP contribution in [0.4, 0.5) is 4.79 Å². The molecule has 27 heavy (non-hydrogen) atoms. The average molecular weight is 404 g/mol. The van der Waals surface area contributed by atoms with Crippen LogP contribution < -0.4 is 16.0 Å². The van der Waals surface area contributed by atoms with E-state index in [1.54, 1.807) is 11.8 Å². The maximum Gasteiger partial charge on any atom is 0.314 e. The van der Waals surface area contributed by atoms with E-state index in [1.807, 2.05) is 6.92 Å². The molecule has 0 aromatic heterocycles. The standard InChI is InChI=1S/C20H42N4O2S/c1-7-17(2)10-8-11-22-20(26)23-13-15-27-16-18(3)19(25)21-12-9-14-24(4,5)6/h17-18H,7-16H2,1-6H3,(H2-,21,22,23,25,26)/p+1. The van der Waals surface area contributed by atoms with E-state index in [2.05, 4.69) is 50.9 Å². The van der Waals surface area contributed by atoms with E-state index in [1.165, 1.54) is 6.42 Å². The van der Waals surface area contributed by atoms with Crippen LogP contribution in [0.25, 0.3) is 0 Å². The van der Waals surface area contributed by atoms with Crippen LogP contribution in [0.5, 0.6) is 0 Å². The Morgan fingerprint density at radius 3 is 2.22 bits per heavy atom. The first kappa shape index (κ1) is 26.1. The minimum Gasteiger partial charge on any atom is -0.356 e. The van der Waals surface area contributed by atoms with Gasteiger partial charge >= 0.3 is 6.03 Å². The monoisotopic (exact) mass is 403 g/mol. The van der Waals surface area contributed by atoms with Gasteiger partial charge in [-0.15, -0.1) is 0 Å². The third kappa shape index (κ3) is 16.9. The molecule has 2 unspecified atom stereocenters. The predicted molar refractivity (Wildman–Crippen MR) is 117 cm³/mol. The Balaban J connectivity index is 3.59. The van der Waals surface area contributed by atoms with E-state index in [0.717, 1.165) is 60.8 Å². The maximum atomic E-state index is 12.0. The normalized spacial score (nSPS) is 13.7. The minimum atomic E-state index is -0.0946. The SMILES string of the molecule is CCC(C)CCCNC(=O)NCCSCC(C)C(=O)NCCC[N+](C)(C)C. The van der Waals surface area contributed by atoms with Gasteiger partial charge in [-0.25, -0.2) is 4.79 Å². The number of amides is 3. The summed E-state index contributed by atoms with van der Waals surface area (Å²) in [5, 5.41) is 8.78. The van der Waals surface area contributed by atoms with Crippen LogP contribution in [-0.2, 0) is 4.79 Å². The number of nitrogens with zero attached hydrogens (tertiary/aromatic N) is 1. The van der Waals surface area contributed by atoms with Gasteiger partial charge in [-0.1, -0.05) is 27.2 Å². The summed E-state index contributed by atoms with van der Waals surface area (Å²) in [6, 6.07) is -0.0946. The van der Waals surface area contributed by atoms with E-state index in [9.17, 15) is 9.59 Å². The summed E-state index contributed by atoms with van der Waals surface area (Å²) in [5.74, 6) is 2.44. The first-order valence-electron chi connectivity index (χ1n) is 10.3. The zero-order valence-corrected chi connectivity index (χ0v) is 19.2. The number of rotatable bonds is 15. The van der Waals surface area contributed by atoms with Gasteiger partial charge in [-0.2, -0.15) is 11.8 Å². The Bertz CT molecular complexity index is 413. The van der Waals surface area contributed by atoms with Gasteiger partial charge in [0.2, 0.25) is 5.91 Å². The Morgan fingerprint density at radius 1 is 0.963 bits per heavy atom. The second kappa shape index (κ2) is 15.0. The smallest absolute Gasteiger partial charge is 0.314 e. The largest absolute Gasteiger partial charge is 0.356 e. The second-order valence-electron chi connectivity index (χ2n) is 8.47. The maximum absolute atomic E-state index is 12.0. The molecular weight excluding hydrogens is 360 g/mol. The van der Waals surface area contributed by atoms with Crippen LogP contribution in [0, 0.1) is 11.8 Å². The molecular formula is C20H43N4O2S+. The van der Waals surface area contributed by atoms with Gasteiger partial charge in [0, 0.05) is 43.5 Å². The van der Waals surface area contributed by atoms with Crippen molar-refractivity contribution < 1.29 is 14.1 Å². The van der Waals surface area contributed by atoms with Gasteiger partial charge in [-0.3, -0.25) is 4.79 Å². The van der Waals surface area contributed by atoms with Crippen LogP contribution in [0.15, 0.2) is 0 Å². The summed E-state index contributed by atoms with van der Waals surface area (Å²) in [5.41, 5.74) is 0. The molecule has 0 heterocycles. The third-order valence-corrected chi connectivity index (χ3v) is 5.74. The molecule has 6 nitrogen and oxygen atoms in total. The minimum absolute atomic E-state index is 0.00601. The van der Waals surface area contributed by atoms with Crippen molar-refractivity contribution in [2.24, 2.45) is 11.8 Å². The molecule has 0 aliphatic rings. The highest BCUT2D eigenvalue weighted by Crippen LogP contribution is 2.08. The number of carbonyl (C=O) groups is 2. The number of nitrogens with one attached hydrogen (secondary N) is 3. The second-order valence-corrected chi connectivity index (χ2v) is 9.62. The molecule has 0 rings (SSSR count). The highest BCUT2D eigenvalue weighted by Gasteiger charge is 2.13. The van der Waals surface area contributed by atoms with Crippen molar-refractivity contribution in [3.05, 3.63) is 0 Å². The molecule has 0 fully saturated rings. The molecule has 3 N–H and O–H groups in total. The van der Waals surface area contributed by atoms with Crippen LogP contribution in [0.1, 0.15) is 46.5 Å². The highest BCUT2D eigenvalue weighted by molar-refractivity contribution is 7.99. The molecule has 0 radical (unpaired) electrons. The first-order chi connectivity index (χ1) is 12.7. The quantitative estimate of drug-likeness (QED) is 0.291. The molecule has 0 aromatic carbocycles. The molecule has 0 aliphatic heterocycles. The Labute approximate surface area is 171 Å². The lowest BCUT2D eigenvalue weighted by Gasteiger charge is -2.23. The topological polar surface area (TPSA) is 70.2 Å². The number of urea groups is 1. The lowest BCUT2D eigenvalue weighted by atomic mass is 10.0. The number of hydrogen-bond donors (Lipinski definition) is 3. The molecule has 0 saturated carbocycles. The fourth-order valence-corrected chi connectivity index (χ4v) is 3.35. The zero-order valence-electron chi connectivity index (χ0n) is 18.4. The average Bonchev–Trinajstić information content (AvgIpc) is 2.60. The van der Waals surface area contributed by atoms with Crippen LogP contribution in [0.2, 0.25) is 0 Å². The van der Waals surface area contributed by atoms with Crippen molar-refractivity contribution in [1.29, 1.82) is 0 Å². The molecule has 7 heteroatoms. The van der Waals surface area contributed by atoms with E-state index in [0.29, 0.717) is 6.54 Å². The Morgan fingerprint density at radius 2 is 1.59 bits per heavy atom. The van der Waals surface area contributed by atoms with Crippen LogP contribution in [-0.4, -0.2) is 75.2 Å². The van der Waals surface area contributed by atoms with Gasteiger partial charge in [0.15, 0.2) is 0 Å². The van der Waals surface area contributed by atoms with Gasteiger partial charge in [-0.05, 0) is 18.8 Å². The fraction of sp³-hybridized carbons (Fsp3) is 0.900. The van der Waals surface area contributed by atoms with E-state index >= 15 is 0 Å². The van der Waals surface area contributed by atoms with Gasteiger partial charge in [0.05, 0.1) is 27.7 Å². The molecule has 0 saturated heterocycles. The van der Waals surface area contributed by atoms with Crippen molar-refractivity contribution in [2.45, 2.75) is 46.5 Å². The summed E-state index contributed by atoms with van der Waals surface area (Å²) in [6.07, 6.45) is 4.36. The number of hydrogen-bond acceptors (Lipinski definition) is 3. The van der Waals surface area contributed by atoms with Crippen molar-refractivity contribution in [2.75, 3.05) is 58.8 Å². The molecule has 0 spiro atoms. The lowest BCUT2D eigenvalue weighted by Crippen LogP contribution is -2.38. The molecule has 160 valence electrons. The molecule has 0 bridgehead atoms. The Kier molecular flexibility index (Phi) is 14.5. The predicted octanol–water partition coefficient (Wildman–Crippen LogP) is 2.69. The van der Waals surface area contributed by atoms with E-state index < -0.39 is 0 Å². The summed E-state index contributed by atoms with van der Waals surface area (Å²) in [4.78, 5) is 23.7. The van der Waals surface area contributed by atoms with Crippen molar-refractivity contribution in [3.63, 3.8) is 0 Å². The van der Waals surface area contributed by atoms with Gasteiger partial charge < -0.3 is 20.4 Å². The number of carbonyl (C=O) groups excluding carboxylic acids is 2. The van der Waals surface area contributed by atoms with Crippen molar-refractivity contribution >= 4 is 23.7 Å². The van der Waals surface area contributed by atoms with E-state index in [-0.39, 0.29) is 17.9 Å².